The van der Waals surface area contributed by atoms with Crippen molar-refractivity contribution in [2.75, 3.05) is 12.8 Å². The van der Waals surface area contributed by atoms with Crippen LogP contribution in [0.25, 0.3) is 0 Å². The second kappa shape index (κ2) is 11.1. The Hall–Kier alpha value is -1.90. The fourth-order valence-corrected chi connectivity index (χ4v) is 11.9. The number of piperidine rings is 1. The minimum absolute atomic E-state index is 0.0253. The fraction of sp³-hybridized carbons (Fsp3) is 0.750. The van der Waals surface area contributed by atoms with E-state index in [0.29, 0.717) is 36.1 Å². The molecular formula is C36H51NO6S. The van der Waals surface area contributed by atoms with E-state index in [0.717, 1.165) is 50.5 Å². The van der Waals surface area contributed by atoms with Crippen LogP contribution < -0.4 is 0 Å². The first kappa shape index (κ1) is 30.7. The Morgan fingerprint density at radius 2 is 1.84 bits per heavy atom. The molecule has 44 heavy (non-hydrogen) atoms. The Bertz CT molecular complexity index is 1410. The van der Waals surface area contributed by atoms with Gasteiger partial charge in [-0.25, -0.2) is 4.79 Å². The van der Waals surface area contributed by atoms with Crippen LogP contribution in [0.1, 0.15) is 91.0 Å². The summed E-state index contributed by atoms with van der Waals surface area (Å²) in [5.41, 5.74) is 3.99. The van der Waals surface area contributed by atoms with Crippen molar-refractivity contribution in [1.82, 2.24) is 4.90 Å². The van der Waals surface area contributed by atoms with Crippen LogP contribution in [0.15, 0.2) is 41.5 Å². The monoisotopic (exact) mass is 625 g/mol. The molecule has 2 heterocycles. The minimum Gasteiger partial charge on any atom is -0.445 e. The number of hydrogen-bond donors (Lipinski definition) is 0. The van der Waals surface area contributed by atoms with Crippen molar-refractivity contribution in [2.45, 2.75) is 116 Å². The van der Waals surface area contributed by atoms with Gasteiger partial charge in [-0.2, -0.15) is 8.42 Å². The van der Waals surface area contributed by atoms with E-state index >= 15 is 0 Å². The van der Waals surface area contributed by atoms with Gasteiger partial charge in [-0.3, -0.25) is 4.18 Å². The number of allylic oxidation sites excluding steroid dienone is 1. The Morgan fingerprint density at radius 1 is 1.07 bits per heavy atom. The van der Waals surface area contributed by atoms with Crippen molar-refractivity contribution in [3.63, 3.8) is 0 Å². The van der Waals surface area contributed by atoms with Crippen LogP contribution in [0.3, 0.4) is 0 Å². The van der Waals surface area contributed by atoms with Crippen molar-refractivity contribution in [3.8, 4) is 0 Å². The second-order valence-corrected chi connectivity index (χ2v) is 17.2. The summed E-state index contributed by atoms with van der Waals surface area (Å²) >= 11 is 0. The molecule has 2 aliphatic heterocycles. The third-order valence-electron chi connectivity index (χ3n) is 13.3. The van der Waals surface area contributed by atoms with E-state index in [2.05, 4.69) is 27.7 Å². The Balaban J connectivity index is 1.12. The maximum atomic E-state index is 13.6. The van der Waals surface area contributed by atoms with Gasteiger partial charge in [0.15, 0.2) is 0 Å². The average Bonchev–Trinajstić information content (AvgIpc) is 3.50. The van der Waals surface area contributed by atoms with Gasteiger partial charge in [0.05, 0.1) is 30.1 Å². The molecular weight excluding hydrogens is 574 g/mol. The number of amides is 1. The van der Waals surface area contributed by atoms with Gasteiger partial charge in [0.25, 0.3) is 10.1 Å². The number of benzene rings is 1. The molecule has 7 nitrogen and oxygen atoms in total. The SMILES string of the molecule is CC1=C2C[C@H]3[C@H](CC[C@@H]4C[C@@H](OS(C)(=O)=O)CC[C@@]43C)[C@@H]2CC[C@]12O[C@@H]1C[C@H](C)CN(C(=O)OCc3ccccc3)[C@H]1[C@H]2C. The summed E-state index contributed by atoms with van der Waals surface area (Å²) in [7, 11) is -3.43. The van der Waals surface area contributed by atoms with E-state index < -0.39 is 10.1 Å². The molecule has 8 heteroatoms. The largest absolute Gasteiger partial charge is 0.445 e. The second-order valence-electron chi connectivity index (χ2n) is 15.6. The molecule has 1 amide bonds. The van der Waals surface area contributed by atoms with Crippen LogP contribution in [0.5, 0.6) is 0 Å². The highest BCUT2D eigenvalue weighted by molar-refractivity contribution is 7.86. The van der Waals surface area contributed by atoms with E-state index in [4.69, 9.17) is 13.7 Å². The first-order valence-electron chi connectivity index (χ1n) is 17.1. The molecule has 6 aliphatic rings. The Kier molecular flexibility index (Phi) is 7.77. The molecule has 242 valence electrons. The van der Waals surface area contributed by atoms with Gasteiger partial charge in [0.2, 0.25) is 0 Å². The van der Waals surface area contributed by atoms with Crippen LogP contribution in [0.2, 0.25) is 0 Å². The Labute approximate surface area is 264 Å². The van der Waals surface area contributed by atoms with Crippen molar-refractivity contribution in [1.29, 1.82) is 0 Å². The molecule has 1 spiro atoms. The van der Waals surface area contributed by atoms with E-state index in [9.17, 15) is 13.2 Å². The molecule has 1 aromatic carbocycles. The van der Waals surface area contributed by atoms with Gasteiger partial charge in [0.1, 0.15) is 6.61 Å². The van der Waals surface area contributed by atoms with E-state index in [-0.39, 0.29) is 47.9 Å². The first-order valence-corrected chi connectivity index (χ1v) is 18.9. The lowest BCUT2D eigenvalue weighted by atomic mass is 9.52. The summed E-state index contributed by atoms with van der Waals surface area (Å²) < 4.78 is 42.3. The van der Waals surface area contributed by atoms with Crippen LogP contribution in [-0.2, 0) is 30.4 Å². The molecule has 0 N–H and O–H groups in total. The standard InChI is InChI=1S/C36H51NO6S/c1-22-17-32-33(37(20-22)34(38)41-21-25-9-7-6-8-10-25)24(3)36(42-32)16-14-28-29-12-11-26-18-27(43-44(5,39)40)13-15-35(26,4)31(29)19-30(28)23(36)2/h6-10,22,24,26-29,31-33H,11-21H2,1-5H3/t22-,24+,26+,27-,28-,29+,31-,32+,33-,35-,36-/m0/s1. The summed E-state index contributed by atoms with van der Waals surface area (Å²) in [5.74, 6) is 3.04. The number of fused-ring (bicyclic) bond motifs is 6. The number of rotatable bonds is 4. The van der Waals surface area contributed by atoms with E-state index in [1.165, 1.54) is 24.7 Å². The molecule has 4 aliphatic carbocycles. The third-order valence-corrected chi connectivity index (χ3v) is 13.9. The molecule has 0 bridgehead atoms. The predicted octanol–water partition coefficient (Wildman–Crippen LogP) is 7.11. The van der Waals surface area contributed by atoms with Gasteiger partial charge >= 0.3 is 6.09 Å². The number of carbonyl (C=O) groups excluding carboxylic acids is 1. The minimum atomic E-state index is -3.43. The molecule has 0 aromatic heterocycles. The van der Waals surface area contributed by atoms with Gasteiger partial charge < -0.3 is 14.4 Å². The van der Waals surface area contributed by atoms with Crippen molar-refractivity contribution < 1.29 is 26.9 Å². The van der Waals surface area contributed by atoms with Gasteiger partial charge in [-0.15, -0.1) is 0 Å². The number of carbonyl (C=O) groups is 1. The van der Waals surface area contributed by atoms with Gasteiger partial charge in [-0.05, 0) is 111 Å². The predicted molar refractivity (Wildman–Crippen MR) is 169 cm³/mol. The topological polar surface area (TPSA) is 82.1 Å². The number of likely N-dealkylation sites (tertiary alicyclic amines) is 1. The lowest BCUT2D eigenvalue weighted by molar-refractivity contribution is -0.0709. The van der Waals surface area contributed by atoms with Crippen LogP contribution in [0.4, 0.5) is 4.79 Å². The molecule has 7 rings (SSSR count). The van der Waals surface area contributed by atoms with Gasteiger partial charge in [-0.1, -0.05) is 56.7 Å². The maximum absolute atomic E-state index is 13.6. The highest BCUT2D eigenvalue weighted by Crippen LogP contribution is 2.66. The lowest BCUT2D eigenvalue weighted by Crippen LogP contribution is -2.54. The van der Waals surface area contributed by atoms with Crippen LogP contribution in [0, 0.1) is 40.9 Å². The van der Waals surface area contributed by atoms with Crippen molar-refractivity contribution in [2.24, 2.45) is 40.9 Å². The third kappa shape index (κ3) is 5.06. The zero-order valence-electron chi connectivity index (χ0n) is 27.2. The van der Waals surface area contributed by atoms with Gasteiger partial charge in [0, 0.05) is 12.5 Å². The normalized spacial score (nSPS) is 43.3. The highest BCUT2D eigenvalue weighted by Gasteiger charge is 2.63. The summed E-state index contributed by atoms with van der Waals surface area (Å²) in [6.07, 6.45) is 10.2. The number of hydrogen-bond acceptors (Lipinski definition) is 6. The quantitative estimate of drug-likeness (QED) is 0.262. The number of nitrogens with zero attached hydrogens (tertiary/aromatic N) is 1. The fourth-order valence-electron chi connectivity index (χ4n) is 11.2. The zero-order chi connectivity index (χ0) is 31.0. The van der Waals surface area contributed by atoms with Crippen LogP contribution in [-0.4, -0.2) is 56.1 Å². The summed E-state index contributed by atoms with van der Waals surface area (Å²) in [6, 6.07) is 9.95. The summed E-state index contributed by atoms with van der Waals surface area (Å²) in [5, 5.41) is 0. The molecule has 0 unspecified atom stereocenters. The molecule has 0 radical (unpaired) electrons. The molecule has 2 saturated heterocycles. The summed E-state index contributed by atoms with van der Waals surface area (Å²) in [4.78, 5) is 15.6. The van der Waals surface area contributed by atoms with Crippen LogP contribution >= 0.6 is 0 Å². The Morgan fingerprint density at radius 3 is 2.59 bits per heavy atom. The average molecular weight is 626 g/mol. The molecule has 1 aromatic rings. The first-order chi connectivity index (χ1) is 20.9. The number of ether oxygens (including phenoxy) is 2. The van der Waals surface area contributed by atoms with Crippen molar-refractivity contribution in [3.05, 3.63) is 47.0 Å². The highest BCUT2D eigenvalue weighted by atomic mass is 32.2. The van der Waals surface area contributed by atoms with Crippen molar-refractivity contribution >= 4 is 16.2 Å². The summed E-state index contributed by atoms with van der Waals surface area (Å²) in [6.45, 7) is 10.4. The van der Waals surface area contributed by atoms with E-state index in [1.54, 1.807) is 5.57 Å². The molecule has 11 atom stereocenters. The maximum Gasteiger partial charge on any atom is 0.410 e. The van der Waals surface area contributed by atoms with E-state index in [1.807, 2.05) is 35.2 Å². The molecule has 5 fully saturated rings. The smallest absolute Gasteiger partial charge is 0.410 e. The molecule has 3 saturated carbocycles. The lowest BCUT2D eigenvalue weighted by Gasteiger charge is -2.54. The zero-order valence-corrected chi connectivity index (χ0v) is 28.0.